The van der Waals surface area contributed by atoms with Gasteiger partial charge in [-0.25, -0.2) is 0 Å². The van der Waals surface area contributed by atoms with E-state index in [0.717, 1.165) is 17.6 Å². The standard InChI is InChI=1S/C22H21Cl2NO4/c23-18-6-5-17(22(24)10-18)11-25(13-21-2-1-9-28-21)12-19(27)15-29-20-7-3-16(14-26)4-8-20/h1-10,14,19,27H,11-13,15H2. The fourth-order valence-electron chi connectivity index (χ4n) is 2.88. The lowest BCUT2D eigenvalue weighted by atomic mass is 10.2. The number of furan rings is 1. The third kappa shape index (κ3) is 6.61. The first-order valence-electron chi connectivity index (χ1n) is 9.08. The molecular formula is C22H21Cl2NO4. The predicted octanol–water partition coefficient (Wildman–Crippen LogP) is 4.84. The fourth-order valence-corrected chi connectivity index (χ4v) is 3.35. The Balaban J connectivity index is 1.62. The van der Waals surface area contributed by atoms with E-state index in [-0.39, 0.29) is 6.61 Å². The molecule has 0 amide bonds. The van der Waals surface area contributed by atoms with E-state index >= 15 is 0 Å². The molecule has 1 aromatic heterocycles. The van der Waals surface area contributed by atoms with Crippen LogP contribution in [0.4, 0.5) is 0 Å². The zero-order valence-electron chi connectivity index (χ0n) is 15.6. The largest absolute Gasteiger partial charge is 0.491 e. The number of nitrogens with zero attached hydrogens (tertiary/aromatic N) is 1. The lowest BCUT2D eigenvalue weighted by Gasteiger charge is -2.25. The Morgan fingerprint density at radius 3 is 2.55 bits per heavy atom. The first-order valence-corrected chi connectivity index (χ1v) is 9.84. The molecular weight excluding hydrogens is 413 g/mol. The third-order valence-corrected chi connectivity index (χ3v) is 4.88. The van der Waals surface area contributed by atoms with E-state index in [1.165, 1.54) is 0 Å². The van der Waals surface area contributed by atoms with Crippen LogP contribution in [0, 0.1) is 0 Å². The van der Waals surface area contributed by atoms with Crippen molar-refractivity contribution in [2.45, 2.75) is 19.2 Å². The molecule has 29 heavy (non-hydrogen) atoms. The molecule has 1 heterocycles. The summed E-state index contributed by atoms with van der Waals surface area (Å²) in [6, 6.07) is 15.8. The predicted molar refractivity (Wildman–Crippen MR) is 113 cm³/mol. The molecule has 0 fully saturated rings. The zero-order chi connectivity index (χ0) is 20.6. The van der Waals surface area contributed by atoms with Gasteiger partial charge < -0.3 is 14.3 Å². The Hall–Kier alpha value is -2.31. The van der Waals surface area contributed by atoms with Crippen LogP contribution in [0.2, 0.25) is 10.0 Å². The fraction of sp³-hybridized carbons (Fsp3) is 0.227. The normalized spacial score (nSPS) is 12.1. The summed E-state index contributed by atoms with van der Waals surface area (Å²) in [5.41, 5.74) is 1.47. The van der Waals surface area contributed by atoms with Crippen LogP contribution in [0.25, 0.3) is 0 Å². The molecule has 0 bridgehead atoms. The number of carbonyl (C=O) groups excluding carboxylic acids is 1. The summed E-state index contributed by atoms with van der Waals surface area (Å²) < 4.78 is 11.1. The highest BCUT2D eigenvalue weighted by atomic mass is 35.5. The highest BCUT2D eigenvalue weighted by Crippen LogP contribution is 2.23. The molecule has 0 aliphatic carbocycles. The number of ether oxygens (including phenoxy) is 1. The quantitative estimate of drug-likeness (QED) is 0.463. The number of aliphatic hydroxyl groups excluding tert-OH is 1. The first kappa shape index (κ1) is 21.4. The van der Waals surface area contributed by atoms with Crippen molar-refractivity contribution in [1.29, 1.82) is 0 Å². The highest BCUT2D eigenvalue weighted by molar-refractivity contribution is 6.35. The zero-order valence-corrected chi connectivity index (χ0v) is 17.1. The minimum Gasteiger partial charge on any atom is -0.491 e. The summed E-state index contributed by atoms with van der Waals surface area (Å²) >= 11 is 12.3. The van der Waals surface area contributed by atoms with Crippen LogP contribution in [-0.2, 0) is 13.1 Å². The van der Waals surface area contributed by atoms with Gasteiger partial charge >= 0.3 is 0 Å². The number of hydrogen-bond acceptors (Lipinski definition) is 5. The lowest BCUT2D eigenvalue weighted by Crippen LogP contribution is -2.35. The number of rotatable bonds is 10. The monoisotopic (exact) mass is 433 g/mol. The van der Waals surface area contributed by atoms with Crippen molar-refractivity contribution in [3.05, 3.63) is 87.8 Å². The number of aldehydes is 1. The van der Waals surface area contributed by atoms with Crippen LogP contribution in [0.5, 0.6) is 5.75 Å². The molecule has 3 rings (SSSR count). The van der Waals surface area contributed by atoms with Crippen LogP contribution in [0.1, 0.15) is 21.7 Å². The molecule has 3 aromatic rings. The van der Waals surface area contributed by atoms with E-state index in [0.29, 0.717) is 41.0 Å². The maximum Gasteiger partial charge on any atom is 0.150 e. The van der Waals surface area contributed by atoms with Crippen molar-refractivity contribution >= 4 is 29.5 Å². The maximum absolute atomic E-state index is 10.7. The van der Waals surface area contributed by atoms with Crippen molar-refractivity contribution in [2.75, 3.05) is 13.2 Å². The molecule has 1 atom stereocenters. The molecule has 152 valence electrons. The van der Waals surface area contributed by atoms with Gasteiger partial charge in [-0.2, -0.15) is 0 Å². The number of halogens is 2. The Bertz CT molecular complexity index is 913. The Morgan fingerprint density at radius 1 is 1.10 bits per heavy atom. The van der Waals surface area contributed by atoms with Crippen LogP contribution in [0.15, 0.2) is 65.3 Å². The second-order valence-corrected chi connectivity index (χ2v) is 7.48. The Labute approximate surface area is 179 Å². The molecule has 0 radical (unpaired) electrons. The Morgan fingerprint density at radius 2 is 1.90 bits per heavy atom. The summed E-state index contributed by atoms with van der Waals surface area (Å²) in [7, 11) is 0. The van der Waals surface area contributed by atoms with E-state index < -0.39 is 6.10 Å². The minimum absolute atomic E-state index is 0.115. The molecule has 0 aliphatic heterocycles. The average Bonchev–Trinajstić information content (AvgIpc) is 3.22. The second-order valence-electron chi connectivity index (χ2n) is 6.64. The molecule has 1 N–H and O–H groups in total. The number of carbonyl (C=O) groups is 1. The van der Waals surface area contributed by atoms with Gasteiger partial charge in [-0.05, 0) is 54.1 Å². The molecule has 2 aromatic carbocycles. The lowest BCUT2D eigenvalue weighted by molar-refractivity contribution is 0.0604. The maximum atomic E-state index is 10.7. The number of hydrogen-bond donors (Lipinski definition) is 1. The van der Waals surface area contributed by atoms with E-state index in [9.17, 15) is 9.90 Å². The Kier molecular flexibility index (Phi) is 7.72. The van der Waals surface area contributed by atoms with Crippen molar-refractivity contribution in [3.63, 3.8) is 0 Å². The van der Waals surface area contributed by atoms with Gasteiger partial charge in [0.2, 0.25) is 0 Å². The van der Waals surface area contributed by atoms with Gasteiger partial charge in [0.25, 0.3) is 0 Å². The SMILES string of the molecule is O=Cc1ccc(OCC(O)CN(Cc2ccco2)Cc2ccc(Cl)cc2Cl)cc1. The van der Waals surface area contributed by atoms with Crippen LogP contribution < -0.4 is 4.74 Å². The molecule has 5 nitrogen and oxygen atoms in total. The molecule has 0 spiro atoms. The summed E-state index contributed by atoms with van der Waals surface area (Å²) in [6.07, 6.45) is 1.65. The van der Waals surface area contributed by atoms with Gasteiger partial charge in [-0.15, -0.1) is 0 Å². The van der Waals surface area contributed by atoms with E-state index in [1.807, 2.05) is 23.1 Å². The van der Waals surface area contributed by atoms with E-state index in [4.69, 9.17) is 32.4 Å². The topological polar surface area (TPSA) is 62.9 Å². The van der Waals surface area contributed by atoms with Gasteiger partial charge in [-0.3, -0.25) is 9.69 Å². The number of aliphatic hydroxyl groups is 1. The second kappa shape index (κ2) is 10.5. The van der Waals surface area contributed by atoms with Gasteiger partial charge in [0.05, 0.1) is 12.8 Å². The third-order valence-electron chi connectivity index (χ3n) is 4.30. The summed E-state index contributed by atoms with van der Waals surface area (Å²) in [6.45, 7) is 1.49. The molecule has 0 aliphatic rings. The molecule has 7 heteroatoms. The summed E-state index contributed by atoms with van der Waals surface area (Å²) in [5, 5.41) is 11.6. The summed E-state index contributed by atoms with van der Waals surface area (Å²) in [4.78, 5) is 12.7. The number of benzene rings is 2. The molecule has 0 saturated carbocycles. The van der Waals surface area contributed by atoms with Crippen molar-refractivity contribution in [1.82, 2.24) is 4.90 Å². The average molecular weight is 434 g/mol. The van der Waals surface area contributed by atoms with Crippen LogP contribution in [0.3, 0.4) is 0 Å². The van der Waals surface area contributed by atoms with Crippen LogP contribution in [-0.4, -0.2) is 35.5 Å². The molecule has 1 unspecified atom stereocenters. The smallest absolute Gasteiger partial charge is 0.150 e. The summed E-state index contributed by atoms with van der Waals surface area (Å²) in [5.74, 6) is 1.38. The molecule has 0 saturated heterocycles. The first-order chi connectivity index (χ1) is 14.0. The van der Waals surface area contributed by atoms with Gasteiger partial charge in [-0.1, -0.05) is 29.3 Å². The van der Waals surface area contributed by atoms with E-state index in [1.54, 1.807) is 42.7 Å². The van der Waals surface area contributed by atoms with Crippen molar-refractivity contribution in [2.24, 2.45) is 0 Å². The van der Waals surface area contributed by atoms with Crippen molar-refractivity contribution in [3.8, 4) is 5.75 Å². The van der Waals surface area contributed by atoms with Gasteiger partial charge in [0.1, 0.15) is 30.5 Å². The van der Waals surface area contributed by atoms with Crippen LogP contribution >= 0.6 is 23.2 Å². The minimum atomic E-state index is -0.734. The van der Waals surface area contributed by atoms with Crippen molar-refractivity contribution < 1.29 is 19.1 Å². The van der Waals surface area contributed by atoms with E-state index in [2.05, 4.69) is 0 Å². The van der Waals surface area contributed by atoms with Gasteiger partial charge in [0.15, 0.2) is 0 Å². The highest BCUT2D eigenvalue weighted by Gasteiger charge is 2.16. The van der Waals surface area contributed by atoms with Gasteiger partial charge in [0, 0.05) is 28.7 Å².